The molecule has 0 saturated heterocycles. The smallest absolute Gasteiger partial charge is 0.225 e. The Bertz CT molecular complexity index is 902. The van der Waals surface area contributed by atoms with Crippen LogP contribution in [0.2, 0.25) is 0 Å². The maximum Gasteiger partial charge on any atom is 0.225 e. The molecule has 2 N–H and O–H groups in total. The number of rotatable bonds is 4. The Balaban J connectivity index is 2.03. The highest BCUT2D eigenvalue weighted by atomic mass is 79.9. The van der Waals surface area contributed by atoms with Gasteiger partial charge in [0.05, 0.1) is 5.69 Å². The Labute approximate surface area is 163 Å². The van der Waals surface area contributed by atoms with E-state index in [1.54, 1.807) is 0 Å². The lowest BCUT2D eigenvalue weighted by atomic mass is 10.1. The molecule has 0 fully saturated rings. The number of nitrogens with zero attached hydrogens (tertiary/aromatic N) is 2. The fourth-order valence-electron chi connectivity index (χ4n) is 2.54. The number of hydrogen-bond donors (Lipinski definition) is 2. The molecule has 0 saturated carbocycles. The summed E-state index contributed by atoms with van der Waals surface area (Å²) in [7, 11) is 0. The molecule has 0 atom stereocenters. The Morgan fingerprint density at radius 2 is 1.65 bits per heavy atom. The summed E-state index contributed by atoms with van der Waals surface area (Å²) < 4.78 is 1.06. The summed E-state index contributed by atoms with van der Waals surface area (Å²) >= 11 is 3.58. The van der Waals surface area contributed by atoms with E-state index in [0.717, 1.165) is 32.8 Å². The zero-order chi connectivity index (χ0) is 18.7. The Hall–Kier alpha value is -2.40. The molecule has 0 spiro atoms. The van der Waals surface area contributed by atoms with Crippen LogP contribution >= 0.6 is 15.9 Å². The fraction of sp³-hybridized carbons (Fsp3) is 0.238. The number of benzene rings is 2. The van der Waals surface area contributed by atoms with Gasteiger partial charge in [-0.25, -0.2) is 4.98 Å². The summed E-state index contributed by atoms with van der Waals surface area (Å²) in [5.74, 6) is 1.36. The predicted octanol–water partition coefficient (Wildman–Crippen LogP) is 6.17. The van der Waals surface area contributed by atoms with Gasteiger partial charge in [-0.3, -0.25) is 0 Å². The van der Waals surface area contributed by atoms with Crippen LogP contribution in [0.25, 0.3) is 11.3 Å². The van der Waals surface area contributed by atoms with E-state index >= 15 is 0 Å². The molecular formula is C21H23BrN4. The average molecular weight is 411 g/mol. The van der Waals surface area contributed by atoms with E-state index in [0.29, 0.717) is 5.95 Å². The van der Waals surface area contributed by atoms with Crippen molar-refractivity contribution in [3.05, 3.63) is 64.6 Å². The van der Waals surface area contributed by atoms with Gasteiger partial charge < -0.3 is 10.6 Å². The zero-order valence-electron chi connectivity index (χ0n) is 15.5. The monoisotopic (exact) mass is 410 g/mol. The van der Waals surface area contributed by atoms with Crippen LogP contribution in [0, 0.1) is 6.92 Å². The third-order valence-electron chi connectivity index (χ3n) is 3.81. The molecule has 1 heterocycles. The summed E-state index contributed by atoms with van der Waals surface area (Å²) in [6.45, 7) is 8.35. The number of anilines is 3. The number of aromatic nitrogens is 2. The van der Waals surface area contributed by atoms with E-state index in [4.69, 9.17) is 4.98 Å². The highest BCUT2D eigenvalue weighted by Gasteiger charge is 2.14. The third kappa shape index (κ3) is 4.61. The van der Waals surface area contributed by atoms with Crippen LogP contribution in [0.1, 0.15) is 26.3 Å². The van der Waals surface area contributed by atoms with Gasteiger partial charge in [-0.05, 0) is 45.4 Å². The van der Waals surface area contributed by atoms with Crippen LogP contribution in [0.5, 0.6) is 0 Å². The van der Waals surface area contributed by atoms with Crippen LogP contribution < -0.4 is 10.6 Å². The Morgan fingerprint density at radius 1 is 0.923 bits per heavy atom. The molecule has 0 radical (unpaired) electrons. The van der Waals surface area contributed by atoms with Crippen molar-refractivity contribution in [2.75, 3.05) is 10.6 Å². The lowest BCUT2D eigenvalue weighted by molar-refractivity contribution is 0.626. The normalized spacial score (nSPS) is 11.3. The van der Waals surface area contributed by atoms with Gasteiger partial charge in [-0.15, -0.1) is 0 Å². The van der Waals surface area contributed by atoms with Crippen molar-refractivity contribution in [1.82, 2.24) is 9.97 Å². The number of nitrogens with one attached hydrogen (secondary N) is 2. The van der Waals surface area contributed by atoms with Crippen LogP contribution in [0.4, 0.5) is 17.5 Å². The molecule has 3 rings (SSSR count). The summed E-state index contributed by atoms with van der Waals surface area (Å²) in [4.78, 5) is 9.36. The van der Waals surface area contributed by atoms with Crippen LogP contribution in [0.3, 0.4) is 0 Å². The highest BCUT2D eigenvalue weighted by Crippen LogP contribution is 2.28. The molecule has 0 aliphatic rings. The average Bonchev–Trinajstić information content (AvgIpc) is 2.58. The van der Waals surface area contributed by atoms with E-state index in [-0.39, 0.29) is 5.54 Å². The van der Waals surface area contributed by atoms with Crippen molar-refractivity contribution in [2.45, 2.75) is 33.2 Å². The summed E-state index contributed by atoms with van der Waals surface area (Å²) in [6, 6.07) is 18.2. The first kappa shape index (κ1) is 18.4. The van der Waals surface area contributed by atoms with Gasteiger partial charge in [0.2, 0.25) is 5.95 Å². The zero-order valence-corrected chi connectivity index (χ0v) is 17.1. The highest BCUT2D eigenvalue weighted by molar-refractivity contribution is 9.10. The van der Waals surface area contributed by atoms with Crippen molar-refractivity contribution in [3.8, 4) is 11.3 Å². The minimum atomic E-state index is -0.127. The van der Waals surface area contributed by atoms with Crippen molar-refractivity contribution >= 4 is 33.4 Å². The van der Waals surface area contributed by atoms with E-state index < -0.39 is 0 Å². The van der Waals surface area contributed by atoms with Crippen LogP contribution in [-0.4, -0.2) is 15.5 Å². The van der Waals surface area contributed by atoms with E-state index in [2.05, 4.69) is 71.4 Å². The third-order valence-corrected chi connectivity index (χ3v) is 4.67. The largest absolute Gasteiger partial charge is 0.350 e. The fourth-order valence-corrected chi connectivity index (χ4v) is 2.91. The van der Waals surface area contributed by atoms with Crippen LogP contribution in [0.15, 0.2) is 59.1 Å². The quantitative estimate of drug-likeness (QED) is 0.539. The standard InChI is InChI=1S/C21H23BrN4/c1-14-16(22)11-8-12-17(14)23-19-13-18(15-9-6-5-7-10-15)24-20(25-19)26-21(2,3)4/h5-13H,1-4H3,(H2,23,24,25,26). The Kier molecular flexibility index (Phi) is 5.28. The first-order valence-electron chi connectivity index (χ1n) is 8.57. The first-order valence-corrected chi connectivity index (χ1v) is 9.36. The van der Waals surface area contributed by atoms with Gasteiger partial charge in [0, 0.05) is 27.3 Å². The molecule has 3 aromatic rings. The molecule has 0 amide bonds. The maximum absolute atomic E-state index is 4.70. The molecule has 0 aliphatic carbocycles. The molecule has 0 aliphatic heterocycles. The van der Waals surface area contributed by atoms with Gasteiger partial charge in [0.25, 0.3) is 0 Å². The van der Waals surface area contributed by atoms with Crippen molar-refractivity contribution in [1.29, 1.82) is 0 Å². The molecule has 26 heavy (non-hydrogen) atoms. The van der Waals surface area contributed by atoms with E-state index in [1.165, 1.54) is 0 Å². The van der Waals surface area contributed by atoms with Crippen molar-refractivity contribution in [2.24, 2.45) is 0 Å². The number of hydrogen-bond acceptors (Lipinski definition) is 4. The molecule has 134 valence electrons. The maximum atomic E-state index is 4.70. The van der Waals surface area contributed by atoms with Gasteiger partial charge in [-0.2, -0.15) is 4.98 Å². The predicted molar refractivity (Wildman–Crippen MR) is 113 cm³/mol. The second kappa shape index (κ2) is 7.46. The lowest BCUT2D eigenvalue weighted by Crippen LogP contribution is -2.27. The molecule has 2 aromatic carbocycles. The minimum Gasteiger partial charge on any atom is -0.350 e. The lowest BCUT2D eigenvalue weighted by Gasteiger charge is -2.21. The van der Waals surface area contributed by atoms with E-state index in [1.807, 2.05) is 42.5 Å². The molecular weight excluding hydrogens is 388 g/mol. The van der Waals surface area contributed by atoms with Gasteiger partial charge in [0.15, 0.2) is 0 Å². The molecule has 0 bridgehead atoms. The summed E-state index contributed by atoms with van der Waals surface area (Å²) in [5, 5.41) is 6.80. The second-order valence-corrected chi connectivity index (χ2v) is 8.09. The van der Waals surface area contributed by atoms with Crippen molar-refractivity contribution in [3.63, 3.8) is 0 Å². The van der Waals surface area contributed by atoms with Crippen LogP contribution in [-0.2, 0) is 0 Å². The topological polar surface area (TPSA) is 49.8 Å². The van der Waals surface area contributed by atoms with Gasteiger partial charge in [-0.1, -0.05) is 52.3 Å². The molecule has 1 aromatic heterocycles. The SMILES string of the molecule is Cc1c(Br)cccc1Nc1cc(-c2ccccc2)nc(NC(C)(C)C)n1. The summed E-state index contributed by atoms with van der Waals surface area (Å²) in [5.41, 5.74) is 3.96. The molecule has 0 unspecified atom stereocenters. The van der Waals surface area contributed by atoms with Gasteiger partial charge >= 0.3 is 0 Å². The Morgan fingerprint density at radius 3 is 2.35 bits per heavy atom. The molecule has 5 heteroatoms. The number of halogens is 1. The van der Waals surface area contributed by atoms with Gasteiger partial charge in [0.1, 0.15) is 5.82 Å². The van der Waals surface area contributed by atoms with E-state index in [9.17, 15) is 0 Å². The van der Waals surface area contributed by atoms with Crippen molar-refractivity contribution < 1.29 is 0 Å². The first-order chi connectivity index (χ1) is 12.3. The minimum absolute atomic E-state index is 0.127. The summed E-state index contributed by atoms with van der Waals surface area (Å²) in [6.07, 6.45) is 0. The molecule has 4 nitrogen and oxygen atoms in total. The second-order valence-electron chi connectivity index (χ2n) is 7.24.